The van der Waals surface area contributed by atoms with E-state index in [-0.39, 0.29) is 29.6 Å². The maximum Gasteiger partial charge on any atom is 0.247 e. The molecular formula is C37H39N3O4S. The molecule has 3 aliphatic heterocycles. The lowest BCUT2D eigenvalue weighted by Crippen LogP contribution is -2.55. The van der Waals surface area contributed by atoms with E-state index in [0.717, 1.165) is 23.2 Å². The predicted molar refractivity (Wildman–Crippen MR) is 178 cm³/mol. The highest BCUT2D eigenvalue weighted by molar-refractivity contribution is 8.02. The number of rotatable bonds is 12. The molecule has 0 aromatic heterocycles. The average Bonchev–Trinajstić information content (AvgIpc) is 3.72. The third-order valence-corrected chi connectivity index (χ3v) is 11.4. The number of likely N-dealkylation sites (tertiary alicyclic amines) is 1. The highest BCUT2D eigenvalue weighted by Gasteiger charge is 2.74. The molecule has 8 heteroatoms. The van der Waals surface area contributed by atoms with Crippen molar-refractivity contribution in [2.24, 2.45) is 11.8 Å². The van der Waals surface area contributed by atoms with Gasteiger partial charge in [-0.1, -0.05) is 91.0 Å². The van der Waals surface area contributed by atoms with E-state index in [0.29, 0.717) is 26.1 Å². The van der Waals surface area contributed by atoms with Crippen LogP contribution in [0.3, 0.4) is 0 Å². The topological polar surface area (TPSA) is 81.2 Å². The lowest BCUT2D eigenvalue weighted by Gasteiger charge is -2.40. The SMILES string of the molecule is C=CCN(Cc1ccccc1)C(=O)C1N([C@H](CO)c2ccccc2)C(=O)[C@@H]2[C@H](C(=O)N(CC=C)c3ccccc3)[C@@H]3CCC12S3. The number of para-hydroxylation sites is 1. The average molecular weight is 622 g/mol. The summed E-state index contributed by atoms with van der Waals surface area (Å²) in [5.41, 5.74) is 2.47. The summed E-state index contributed by atoms with van der Waals surface area (Å²) in [6, 6.07) is 27.0. The Hall–Kier alpha value is -4.14. The summed E-state index contributed by atoms with van der Waals surface area (Å²) in [6.45, 7) is 8.44. The van der Waals surface area contributed by atoms with Crippen LogP contribution in [0, 0.1) is 11.8 Å². The second-order valence-electron chi connectivity index (χ2n) is 12.0. The first-order chi connectivity index (χ1) is 21.9. The molecular weight excluding hydrogens is 582 g/mol. The molecule has 6 atom stereocenters. The molecule has 3 heterocycles. The molecule has 45 heavy (non-hydrogen) atoms. The quantitative estimate of drug-likeness (QED) is 0.280. The van der Waals surface area contributed by atoms with Crippen LogP contribution < -0.4 is 4.90 Å². The highest BCUT2D eigenvalue weighted by atomic mass is 32.2. The molecule has 3 aromatic carbocycles. The molecule has 3 fully saturated rings. The van der Waals surface area contributed by atoms with Gasteiger partial charge in [-0.25, -0.2) is 0 Å². The molecule has 0 aliphatic carbocycles. The van der Waals surface area contributed by atoms with Crippen molar-refractivity contribution in [3.63, 3.8) is 0 Å². The minimum absolute atomic E-state index is 0.0915. The first-order valence-electron chi connectivity index (χ1n) is 15.5. The number of aliphatic hydroxyl groups is 1. The molecule has 3 aromatic rings. The van der Waals surface area contributed by atoms with Gasteiger partial charge in [0.1, 0.15) is 6.04 Å². The Balaban J connectivity index is 1.44. The summed E-state index contributed by atoms with van der Waals surface area (Å²) in [7, 11) is 0. The largest absolute Gasteiger partial charge is 0.394 e. The van der Waals surface area contributed by atoms with Crippen LogP contribution >= 0.6 is 11.8 Å². The first kappa shape index (κ1) is 30.9. The van der Waals surface area contributed by atoms with Gasteiger partial charge in [0.25, 0.3) is 0 Å². The van der Waals surface area contributed by atoms with E-state index in [1.807, 2.05) is 91.0 Å². The number of anilines is 1. The molecule has 0 saturated carbocycles. The van der Waals surface area contributed by atoms with Gasteiger partial charge in [0.05, 0.1) is 29.2 Å². The third-order valence-electron chi connectivity index (χ3n) is 9.47. The summed E-state index contributed by atoms with van der Waals surface area (Å²) in [4.78, 5) is 49.3. The second kappa shape index (κ2) is 13.1. The van der Waals surface area contributed by atoms with Gasteiger partial charge >= 0.3 is 0 Å². The van der Waals surface area contributed by atoms with Crippen LogP contribution in [0.15, 0.2) is 116 Å². The van der Waals surface area contributed by atoms with E-state index >= 15 is 0 Å². The van der Waals surface area contributed by atoms with Gasteiger partial charge in [0.2, 0.25) is 17.7 Å². The fourth-order valence-electron chi connectivity index (χ4n) is 7.62. The lowest BCUT2D eigenvalue weighted by molar-refractivity contribution is -0.146. The number of benzene rings is 3. The Kier molecular flexibility index (Phi) is 8.97. The molecule has 1 spiro atoms. The van der Waals surface area contributed by atoms with Crippen molar-refractivity contribution in [3.05, 3.63) is 127 Å². The molecule has 0 radical (unpaired) electrons. The Morgan fingerprint density at radius 2 is 1.56 bits per heavy atom. The summed E-state index contributed by atoms with van der Waals surface area (Å²) in [5.74, 6) is -1.85. The van der Waals surface area contributed by atoms with Crippen molar-refractivity contribution < 1.29 is 19.5 Å². The third kappa shape index (κ3) is 5.40. The van der Waals surface area contributed by atoms with E-state index in [4.69, 9.17) is 0 Å². The molecule has 3 aliphatic rings. The normalized spacial score (nSPS) is 25.4. The standard InChI is InChI=1S/C37H39N3O4S/c1-3-22-38(24-26-14-8-5-9-15-26)36(44)33-37-21-20-30(45-37)31(34(42)39(23-4-2)28-18-12-7-13-19-28)32(37)35(43)40(33)29(25-41)27-16-10-6-11-17-27/h3-19,29-33,41H,1-2,20-25H2/t29-,30+,31-,32+,33?,37?/m1/s1. The fourth-order valence-corrected chi connectivity index (χ4v) is 9.81. The van der Waals surface area contributed by atoms with Crippen LogP contribution in [0.1, 0.15) is 30.0 Å². The van der Waals surface area contributed by atoms with Crippen molar-refractivity contribution >= 4 is 35.2 Å². The molecule has 7 nitrogen and oxygen atoms in total. The number of hydrogen-bond donors (Lipinski definition) is 1. The van der Waals surface area contributed by atoms with E-state index in [1.165, 1.54) is 0 Å². The summed E-state index contributed by atoms with van der Waals surface area (Å²) in [6.07, 6.45) is 4.78. The minimum Gasteiger partial charge on any atom is -0.394 e. The molecule has 1 N–H and O–H groups in total. The zero-order valence-corrected chi connectivity index (χ0v) is 26.1. The predicted octanol–water partition coefficient (Wildman–Crippen LogP) is 5.25. The van der Waals surface area contributed by atoms with Gasteiger partial charge in [-0.15, -0.1) is 24.9 Å². The summed E-state index contributed by atoms with van der Waals surface area (Å²) < 4.78 is -0.798. The number of amides is 3. The van der Waals surface area contributed by atoms with Crippen molar-refractivity contribution in [1.29, 1.82) is 0 Å². The van der Waals surface area contributed by atoms with Crippen LogP contribution in [-0.2, 0) is 20.9 Å². The molecule has 2 unspecified atom stereocenters. The number of hydrogen-bond acceptors (Lipinski definition) is 5. The highest BCUT2D eigenvalue weighted by Crippen LogP contribution is 2.67. The Labute approximate surface area is 269 Å². The smallest absolute Gasteiger partial charge is 0.247 e. The first-order valence-corrected chi connectivity index (χ1v) is 16.4. The summed E-state index contributed by atoms with van der Waals surface area (Å²) in [5, 5.41) is 10.7. The number of fused-ring (bicyclic) bond motifs is 1. The monoisotopic (exact) mass is 621 g/mol. The number of thioether (sulfide) groups is 1. The number of nitrogens with zero attached hydrogens (tertiary/aromatic N) is 3. The van der Waals surface area contributed by atoms with Crippen LogP contribution in [0.25, 0.3) is 0 Å². The maximum atomic E-state index is 14.9. The van der Waals surface area contributed by atoms with E-state index in [1.54, 1.807) is 38.6 Å². The second-order valence-corrected chi connectivity index (χ2v) is 13.6. The Morgan fingerprint density at radius 1 is 0.933 bits per heavy atom. The van der Waals surface area contributed by atoms with Gasteiger partial charge in [0, 0.05) is 30.6 Å². The maximum absolute atomic E-state index is 14.9. The van der Waals surface area contributed by atoms with Crippen LogP contribution in [0.5, 0.6) is 0 Å². The Morgan fingerprint density at radius 3 is 2.18 bits per heavy atom. The molecule has 6 rings (SSSR count). The molecule has 3 amide bonds. The molecule has 2 bridgehead atoms. The minimum atomic E-state index is -0.853. The Bertz CT molecular complexity index is 1550. The van der Waals surface area contributed by atoms with E-state index in [2.05, 4.69) is 13.2 Å². The van der Waals surface area contributed by atoms with Gasteiger partial charge < -0.3 is 19.8 Å². The number of carbonyl (C=O) groups is 3. The zero-order chi connectivity index (χ0) is 31.6. The number of carbonyl (C=O) groups excluding carboxylic acids is 3. The van der Waals surface area contributed by atoms with Crippen molar-refractivity contribution in [2.45, 2.75) is 41.5 Å². The van der Waals surface area contributed by atoms with Crippen LogP contribution in [-0.4, -0.2) is 68.4 Å². The zero-order valence-electron chi connectivity index (χ0n) is 25.3. The molecule has 232 valence electrons. The van der Waals surface area contributed by atoms with E-state index in [9.17, 15) is 19.5 Å². The molecule has 3 saturated heterocycles. The van der Waals surface area contributed by atoms with Crippen molar-refractivity contribution in [2.75, 3.05) is 24.6 Å². The van der Waals surface area contributed by atoms with Gasteiger partial charge in [0.15, 0.2) is 0 Å². The van der Waals surface area contributed by atoms with Crippen molar-refractivity contribution in [3.8, 4) is 0 Å². The van der Waals surface area contributed by atoms with Gasteiger partial charge in [-0.3, -0.25) is 14.4 Å². The van der Waals surface area contributed by atoms with Crippen LogP contribution in [0.2, 0.25) is 0 Å². The van der Waals surface area contributed by atoms with Gasteiger partial charge in [-0.2, -0.15) is 0 Å². The van der Waals surface area contributed by atoms with Gasteiger partial charge in [-0.05, 0) is 36.1 Å². The van der Waals surface area contributed by atoms with Crippen molar-refractivity contribution in [1.82, 2.24) is 9.80 Å². The van der Waals surface area contributed by atoms with E-state index < -0.39 is 28.7 Å². The van der Waals surface area contributed by atoms with Crippen LogP contribution in [0.4, 0.5) is 5.69 Å². The fraction of sp³-hybridized carbons (Fsp3) is 0.324. The number of aliphatic hydroxyl groups excluding tert-OH is 1. The lowest BCUT2D eigenvalue weighted by atomic mass is 9.70. The summed E-state index contributed by atoms with van der Waals surface area (Å²) >= 11 is 1.63.